The van der Waals surface area contributed by atoms with Gasteiger partial charge in [-0.15, -0.1) is 0 Å². The summed E-state index contributed by atoms with van der Waals surface area (Å²) in [6, 6.07) is 0. The molecule has 0 aromatic heterocycles. The molecule has 0 amide bonds. The highest BCUT2D eigenvalue weighted by Gasteiger charge is 2.34. The molecule has 0 rings (SSSR count). The predicted octanol–water partition coefficient (Wildman–Crippen LogP) is 19.4. The number of carbonyl (C=O) groups is 6. The molecule has 0 heterocycles. The van der Waals surface area contributed by atoms with Crippen LogP contribution in [0.2, 0.25) is 0 Å². The molecule has 0 saturated carbocycles. The number of carbonyl (C=O) groups excluding carboxylic acids is 6. The average molecular weight is 1250 g/mol. The van der Waals surface area contributed by atoms with Crippen molar-refractivity contribution in [2.75, 3.05) is 39.6 Å². The van der Waals surface area contributed by atoms with Gasteiger partial charge in [0.15, 0.2) is 18.3 Å². The van der Waals surface area contributed by atoms with Gasteiger partial charge in [-0.3, -0.25) is 42.3 Å². The first kappa shape index (κ1) is 82.9. The molecule has 3 atom stereocenters. The van der Waals surface area contributed by atoms with Gasteiger partial charge in [-0.25, -0.2) is 4.57 Å². The van der Waals surface area contributed by atoms with Crippen LogP contribution in [0.5, 0.6) is 0 Å². The average Bonchev–Trinajstić information content (AvgIpc) is 3.70. The first-order valence-electron chi connectivity index (χ1n) is 35.3. The largest absolute Gasteiger partial charge is 0.475 e. The van der Waals surface area contributed by atoms with Crippen molar-refractivity contribution in [1.29, 1.82) is 0 Å². The number of phosphoric acid groups is 1. The minimum atomic E-state index is -4.83. The summed E-state index contributed by atoms with van der Waals surface area (Å²) in [4.78, 5) is 76.9. The maximum Gasteiger partial charge on any atom is 0.475 e. The lowest BCUT2D eigenvalue weighted by Crippen LogP contribution is -2.32. The van der Waals surface area contributed by atoms with Gasteiger partial charge in [0.05, 0.1) is 19.8 Å². The molecule has 0 spiro atoms. The summed E-state index contributed by atoms with van der Waals surface area (Å²) < 4.78 is 65.7. The molecular formula is C69H129O16P. The number of rotatable bonds is 66. The Morgan fingerprint density at radius 1 is 0.256 bits per heavy atom. The fraction of sp³-hybridized carbons (Fsp3) is 0.913. The van der Waals surface area contributed by atoms with Gasteiger partial charge >= 0.3 is 43.6 Å². The molecule has 0 bridgehead atoms. The van der Waals surface area contributed by atoms with Crippen LogP contribution in [0, 0.1) is 0 Å². The molecule has 506 valence electrons. The second-order valence-electron chi connectivity index (χ2n) is 24.1. The van der Waals surface area contributed by atoms with Crippen LogP contribution in [0.1, 0.15) is 350 Å². The monoisotopic (exact) mass is 1240 g/mol. The van der Waals surface area contributed by atoms with Crippen LogP contribution in [0.4, 0.5) is 0 Å². The fourth-order valence-corrected chi connectivity index (χ4v) is 11.4. The smallest absolute Gasteiger partial charge is 0.462 e. The van der Waals surface area contributed by atoms with Crippen molar-refractivity contribution < 1.29 is 75.3 Å². The molecule has 0 N–H and O–H groups in total. The molecule has 86 heavy (non-hydrogen) atoms. The molecule has 0 unspecified atom stereocenters. The SMILES string of the molecule is CCCCCCCCCCCCCC(=O)OC[C@H](COP(=O)(OC[C@@H](COC(C)=O)OC(C)=O)OC[C@@H](COC(=O)CCCCCCCCCCCCC)OC(=O)CCCCCCCCCCCCC)OC(=O)CCCCCCCCCCCCC. The fourth-order valence-electron chi connectivity index (χ4n) is 10.2. The van der Waals surface area contributed by atoms with Crippen molar-refractivity contribution in [1.82, 2.24) is 0 Å². The summed E-state index contributed by atoms with van der Waals surface area (Å²) in [5, 5.41) is 0. The first-order valence-corrected chi connectivity index (χ1v) is 36.8. The van der Waals surface area contributed by atoms with E-state index < -0.39 is 102 Å². The molecule has 17 heteroatoms. The zero-order chi connectivity index (χ0) is 63.2. The summed E-state index contributed by atoms with van der Waals surface area (Å²) in [6.07, 6.45) is 46.0. The predicted molar refractivity (Wildman–Crippen MR) is 344 cm³/mol. The van der Waals surface area contributed by atoms with E-state index in [0.717, 1.165) is 96.8 Å². The van der Waals surface area contributed by atoms with E-state index in [0.29, 0.717) is 25.7 Å². The van der Waals surface area contributed by atoms with Gasteiger partial charge in [0.2, 0.25) is 0 Å². The topological polar surface area (TPSA) is 203 Å². The summed E-state index contributed by atoms with van der Waals surface area (Å²) >= 11 is 0. The number of esters is 6. The van der Waals surface area contributed by atoms with Gasteiger partial charge in [0.1, 0.15) is 19.8 Å². The third kappa shape index (κ3) is 58.6. The lowest BCUT2D eigenvalue weighted by atomic mass is 10.1. The van der Waals surface area contributed by atoms with E-state index in [9.17, 15) is 33.3 Å². The third-order valence-electron chi connectivity index (χ3n) is 15.5. The van der Waals surface area contributed by atoms with E-state index in [4.69, 9.17) is 42.0 Å². The second kappa shape index (κ2) is 62.1. The van der Waals surface area contributed by atoms with Crippen molar-refractivity contribution in [3.8, 4) is 0 Å². The Morgan fingerprint density at radius 2 is 0.465 bits per heavy atom. The van der Waals surface area contributed by atoms with E-state index in [1.54, 1.807) is 0 Å². The Labute approximate surface area is 524 Å². The Hall–Kier alpha value is -3.07. The van der Waals surface area contributed by atoms with Crippen LogP contribution in [-0.4, -0.2) is 93.8 Å². The zero-order valence-electron chi connectivity index (χ0n) is 55.9. The maximum atomic E-state index is 14.8. The van der Waals surface area contributed by atoms with E-state index in [1.807, 2.05) is 0 Å². The minimum absolute atomic E-state index is 0.106. The van der Waals surface area contributed by atoms with Crippen molar-refractivity contribution in [3.05, 3.63) is 0 Å². The Morgan fingerprint density at radius 3 is 0.698 bits per heavy atom. The quantitative estimate of drug-likeness (QED) is 0.0240. The lowest BCUT2D eigenvalue weighted by molar-refractivity contribution is -0.163. The van der Waals surface area contributed by atoms with Crippen molar-refractivity contribution >= 4 is 43.6 Å². The highest BCUT2D eigenvalue weighted by molar-refractivity contribution is 7.48. The Balaban J connectivity index is 6.23. The normalized spacial score (nSPS) is 12.6. The van der Waals surface area contributed by atoms with Crippen molar-refractivity contribution in [3.63, 3.8) is 0 Å². The zero-order valence-corrected chi connectivity index (χ0v) is 56.8. The Bertz CT molecular complexity index is 1570. The van der Waals surface area contributed by atoms with Gasteiger partial charge in [-0.1, -0.05) is 285 Å². The standard InChI is InChI=1S/C69H129O16P/c1-7-11-15-19-23-27-31-35-39-43-47-51-66(72)78-56-64(84-68(74)53-49-45-41-37-33-29-25-21-17-13-9-3)59-81-86(76,80-58-63(83-62(6)71)55-77-61(5)70)82-60-65(85-69(75)54-50-46-42-38-34-30-26-22-18-14-10-4)57-79-67(73)52-48-44-40-36-32-28-24-20-16-12-8-2/h63-65H,7-60H2,1-6H3/t63-,64-,65-/m1/s1. The lowest BCUT2D eigenvalue weighted by Gasteiger charge is -2.25. The first-order chi connectivity index (χ1) is 41.8. The van der Waals surface area contributed by atoms with Crippen LogP contribution < -0.4 is 0 Å². The molecule has 0 fully saturated rings. The van der Waals surface area contributed by atoms with Crippen LogP contribution in [0.15, 0.2) is 0 Å². The highest BCUT2D eigenvalue weighted by Crippen LogP contribution is 2.50. The molecular weight excluding hydrogens is 1120 g/mol. The van der Waals surface area contributed by atoms with Gasteiger partial charge in [0.25, 0.3) is 0 Å². The molecule has 0 aromatic rings. The van der Waals surface area contributed by atoms with Gasteiger partial charge < -0.3 is 28.4 Å². The van der Waals surface area contributed by atoms with Crippen LogP contribution in [0.25, 0.3) is 0 Å². The summed E-state index contributed by atoms with van der Waals surface area (Å²) in [5.74, 6) is -3.46. The van der Waals surface area contributed by atoms with Crippen LogP contribution in [-0.2, 0) is 75.3 Å². The molecule has 0 saturated heterocycles. The molecule has 0 aliphatic rings. The summed E-state index contributed by atoms with van der Waals surface area (Å²) in [6.45, 7) is 8.07. The number of ether oxygens (including phenoxy) is 6. The van der Waals surface area contributed by atoms with E-state index in [-0.39, 0.29) is 25.7 Å². The van der Waals surface area contributed by atoms with E-state index >= 15 is 0 Å². The van der Waals surface area contributed by atoms with Crippen LogP contribution in [0.3, 0.4) is 0 Å². The van der Waals surface area contributed by atoms with Gasteiger partial charge in [0, 0.05) is 39.5 Å². The van der Waals surface area contributed by atoms with Crippen molar-refractivity contribution in [2.45, 2.75) is 368 Å². The summed E-state index contributed by atoms with van der Waals surface area (Å²) in [5.41, 5.74) is 0. The molecule has 0 aromatic carbocycles. The van der Waals surface area contributed by atoms with Crippen molar-refractivity contribution in [2.24, 2.45) is 0 Å². The number of phosphoric ester groups is 1. The summed E-state index contributed by atoms with van der Waals surface area (Å²) in [7, 11) is -4.83. The maximum absolute atomic E-state index is 14.8. The molecule has 0 radical (unpaired) electrons. The number of hydrogen-bond acceptors (Lipinski definition) is 16. The highest BCUT2D eigenvalue weighted by atomic mass is 31.2. The molecule has 0 aliphatic carbocycles. The van der Waals surface area contributed by atoms with E-state index in [2.05, 4.69) is 27.7 Å². The molecule has 16 nitrogen and oxygen atoms in total. The third-order valence-corrected chi connectivity index (χ3v) is 16.9. The van der Waals surface area contributed by atoms with Gasteiger partial charge in [-0.2, -0.15) is 0 Å². The second-order valence-corrected chi connectivity index (χ2v) is 25.8. The Kier molecular flexibility index (Phi) is 59.9. The van der Waals surface area contributed by atoms with Gasteiger partial charge in [-0.05, 0) is 25.7 Å². The number of hydrogen-bond donors (Lipinski definition) is 0. The van der Waals surface area contributed by atoms with Crippen LogP contribution >= 0.6 is 7.82 Å². The molecule has 0 aliphatic heterocycles. The number of unbranched alkanes of at least 4 members (excludes halogenated alkanes) is 40. The van der Waals surface area contributed by atoms with E-state index in [1.165, 1.54) is 174 Å². The minimum Gasteiger partial charge on any atom is -0.462 e.